The minimum Gasteiger partial charge on any atom is -0.309 e. The van der Waals surface area contributed by atoms with Gasteiger partial charge in [-0.3, -0.25) is 0 Å². The first kappa shape index (κ1) is 31.3. The van der Waals surface area contributed by atoms with Crippen molar-refractivity contribution in [2.24, 2.45) is 0 Å². The molecule has 0 saturated heterocycles. The lowest BCUT2D eigenvalue weighted by atomic mass is 10.0. The number of nitrogens with zero attached hydrogens (tertiary/aromatic N) is 1. The fraction of sp³-hybridized carbons (Fsp3) is 0.0870. The Bertz CT molecular complexity index is 2320. The minimum absolute atomic E-state index is 0.981. The van der Waals surface area contributed by atoms with Gasteiger partial charge < -0.3 is 4.57 Å². The highest BCUT2D eigenvalue weighted by Crippen LogP contribution is 2.36. The summed E-state index contributed by atoms with van der Waals surface area (Å²) in [5, 5.41) is 5.19. The number of hydrogen-bond acceptors (Lipinski definition) is 0. The third-order valence-corrected chi connectivity index (χ3v) is 8.94. The highest BCUT2D eigenvalue weighted by atomic mass is 15.0. The molecule has 1 aromatic heterocycles. The number of aromatic nitrogens is 1. The highest BCUT2D eigenvalue weighted by Gasteiger charge is 2.17. The number of fused-ring (bicyclic) bond motifs is 5. The molecule has 0 atom stereocenters. The zero-order valence-corrected chi connectivity index (χ0v) is 27.7. The topological polar surface area (TPSA) is 4.93 Å². The van der Waals surface area contributed by atoms with Crippen LogP contribution in [0.5, 0.6) is 0 Å². The van der Waals surface area contributed by atoms with Gasteiger partial charge in [0.05, 0.1) is 16.7 Å². The van der Waals surface area contributed by atoms with Crippen LogP contribution in [0.3, 0.4) is 0 Å². The van der Waals surface area contributed by atoms with Crippen molar-refractivity contribution >= 4 is 50.3 Å². The summed E-state index contributed by atoms with van der Waals surface area (Å²) in [4.78, 5) is 0. The van der Waals surface area contributed by atoms with E-state index in [1.165, 1.54) is 60.4 Å². The van der Waals surface area contributed by atoms with Crippen molar-refractivity contribution in [3.05, 3.63) is 192 Å². The van der Waals surface area contributed by atoms with Crippen molar-refractivity contribution in [3.63, 3.8) is 0 Å². The van der Waals surface area contributed by atoms with Crippen LogP contribution in [-0.2, 0) is 6.42 Å². The molecule has 0 aliphatic heterocycles. The number of aryl methyl sites for hydroxylation is 3. The van der Waals surface area contributed by atoms with Crippen molar-refractivity contribution < 1.29 is 0 Å². The van der Waals surface area contributed by atoms with E-state index in [-0.39, 0.29) is 0 Å². The Balaban J connectivity index is 0.000000140. The summed E-state index contributed by atoms with van der Waals surface area (Å²) in [6, 6.07) is 42.9. The molecule has 0 saturated carbocycles. The Hall–Kier alpha value is -5.66. The number of benzene rings is 6. The van der Waals surface area contributed by atoms with E-state index in [0.29, 0.717) is 0 Å². The molecule has 1 heteroatoms. The molecule has 1 nitrogen and oxygen atoms in total. The van der Waals surface area contributed by atoms with E-state index in [4.69, 9.17) is 0 Å². The van der Waals surface area contributed by atoms with Crippen LogP contribution >= 0.6 is 0 Å². The predicted molar refractivity (Wildman–Crippen MR) is 207 cm³/mol. The normalized spacial score (nSPS) is 11.9. The van der Waals surface area contributed by atoms with Gasteiger partial charge in [-0.2, -0.15) is 0 Å². The molecule has 1 aliphatic rings. The van der Waals surface area contributed by atoms with Crippen LogP contribution in [0.1, 0.15) is 38.9 Å². The van der Waals surface area contributed by atoms with Gasteiger partial charge in [0, 0.05) is 16.3 Å². The molecule has 0 radical (unpaired) electrons. The van der Waals surface area contributed by atoms with Gasteiger partial charge in [0.15, 0.2) is 0 Å². The summed E-state index contributed by atoms with van der Waals surface area (Å²) >= 11 is 0. The van der Waals surface area contributed by atoms with Crippen LogP contribution in [-0.4, -0.2) is 4.57 Å². The van der Waals surface area contributed by atoms with Crippen LogP contribution in [0.4, 0.5) is 0 Å². The van der Waals surface area contributed by atoms with E-state index in [2.05, 4.69) is 173 Å². The van der Waals surface area contributed by atoms with E-state index in [1.54, 1.807) is 0 Å². The molecule has 1 heterocycles. The summed E-state index contributed by atoms with van der Waals surface area (Å²) in [7, 11) is 0. The molecule has 8 rings (SSSR count). The maximum absolute atomic E-state index is 4.03. The third-order valence-electron chi connectivity index (χ3n) is 8.94. The Morgan fingerprint density at radius 2 is 1.23 bits per heavy atom. The molecule has 0 unspecified atom stereocenters. The van der Waals surface area contributed by atoms with Gasteiger partial charge >= 0.3 is 0 Å². The van der Waals surface area contributed by atoms with E-state index in [9.17, 15) is 0 Å². The molecular formula is C46H41N. The molecular weight excluding hydrogens is 567 g/mol. The fourth-order valence-electron chi connectivity index (χ4n) is 6.47. The van der Waals surface area contributed by atoms with E-state index in [1.807, 2.05) is 12.2 Å². The van der Waals surface area contributed by atoms with Gasteiger partial charge in [-0.15, -0.1) is 0 Å². The molecule has 0 amide bonds. The maximum atomic E-state index is 4.03. The first-order chi connectivity index (χ1) is 22.8. The van der Waals surface area contributed by atoms with Gasteiger partial charge in [-0.1, -0.05) is 153 Å². The summed E-state index contributed by atoms with van der Waals surface area (Å²) in [6.45, 7) is 22.3. The van der Waals surface area contributed by atoms with E-state index >= 15 is 0 Å². The summed E-state index contributed by atoms with van der Waals surface area (Å²) in [5.41, 5.74) is 14.6. The van der Waals surface area contributed by atoms with Gasteiger partial charge in [0.2, 0.25) is 0 Å². The lowest BCUT2D eigenvalue weighted by Gasteiger charge is -2.13. The van der Waals surface area contributed by atoms with E-state index < -0.39 is 0 Å². The van der Waals surface area contributed by atoms with Crippen LogP contribution in [0.2, 0.25) is 0 Å². The van der Waals surface area contributed by atoms with Crippen molar-refractivity contribution in [1.29, 1.82) is 0 Å². The SMILES string of the molecule is C=C1Cc2ccc(C)cc2C1=C.C=Cc1cccc(-n2c3ccccc3c3ccc(C)cc32)c1C=C.Cc1ccc2ccccc2c1. The van der Waals surface area contributed by atoms with Gasteiger partial charge in [-0.05, 0) is 89.6 Å². The Morgan fingerprint density at radius 1 is 0.574 bits per heavy atom. The molecule has 230 valence electrons. The van der Waals surface area contributed by atoms with Crippen LogP contribution in [0.25, 0.3) is 56.0 Å². The number of hydrogen-bond donors (Lipinski definition) is 0. The monoisotopic (exact) mass is 607 g/mol. The first-order valence-electron chi connectivity index (χ1n) is 16.1. The summed E-state index contributed by atoms with van der Waals surface area (Å²) in [5.74, 6) is 0. The Kier molecular flexibility index (Phi) is 8.91. The Labute approximate surface area is 279 Å². The largest absolute Gasteiger partial charge is 0.309 e. The van der Waals surface area contributed by atoms with Crippen LogP contribution in [0.15, 0.2) is 153 Å². The van der Waals surface area contributed by atoms with Crippen molar-refractivity contribution in [2.45, 2.75) is 27.2 Å². The minimum atomic E-state index is 0.981. The lowest BCUT2D eigenvalue weighted by Crippen LogP contribution is -1.98. The van der Waals surface area contributed by atoms with Crippen molar-refractivity contribution in [1.82, 2.24) is 4.57 Å². The zero-order valence-electron chi connectivity index (χ0n) is 27.7. The van der Waals surface area contributed by atoms with Crippen LogP contribution < -0.4 is 0 Å². The van der Waals surface area contributed by atoms with Gasteiger partial charge in [-0.25, -0.2) is 0 Å². The molecule has 1 aliphatic carbocycles. The molecule has 0 spiro atoms. The lowest BCUT2D eigenvalue weighted by molar-refractivity contribution is 1.17. The fourth-order valence-corrected chi connectivity index (χ4v) is 6.47. The standard InChI is InChI=1S/C23H19N.C12H12.C11H10/c1-4-17-9-8-12-21(18(17)5-2)24-22-11-7-6-10-19(22)20-14-13-16(3)15-23(20)24;1-8-4-5-11-7-9(2)10(3)12(11)6-8;1-9-6-7-10-4-2-3-5-11(10)8-9/h4-15H,1-2H2,3H3;4-6H,2-3,7H2,1H3;2-8H,1H3. The predicted octanol–water partition coefficient (Wildman–Crippen LogP) is 12.6. The third kappa shape index (κ3) is 6.26. The van der Waals surface area contributed by atoms with Crippen molar-refractivity contribution in [3.8, 4) is 5.69 Å². The highest BCUT2D eigenvalue weighted by molar-refractivity contribution is 6.09. The smallest absolute Gasteiger partial charge is 0.0543 e. The first-order valence-corrected chi connectivity index (χ1v) is 16.1. The molecule has 0 fully saturated rings. The van der Waals surface area contributed by atoms with Gasteiger partial charge in [0.25, 0.3) is 0 Å². The molecule has 6 aromatic carbocycles. The average Bonchev–Trinajstić information content (AvgIpc) is 3.56. The van der Waals surface area contributed by atoms with Crippen LogP contribution in [0, 0.1) is 20.8 Å². The number of rotatable bonds is 3. The van der Waals surface area contributed by atoms with Crippen molar-refractivity contribution in [2.75, 3.05) is 0 Å². The zero-order chi connectivity index (χ0) is 33.1. The second-order valence-corrected chi connectivity index (χ2v) is 12.3. The number of para-hydroxylation sites is 1. The summed E-state index contributed by atoms with van der Waals surface area (Å²) in [6.07, 6.45) is 4.79. The van der Waals surface area contributed by atoms with E-state index in [0.717, 1.165) is 34.4 Å². The Morgan fingerprint density at radius 3 is 2.02 bits per heavy atom. The number of allylic oxidation sites excluding steroid dienone is 2. The summed E-state index contributed by atoms with van der Waals surface area (Å²) < 4.78 is 2.34. The average molecular weight is 608 g/mol. The maximum Gasteiger partial charge on any atom is 0.0543 e. The molecule has 0 N–H and O–H groups in total. The second-order valence-electron chi connectivity index (χ2n) is 12.3. The quantitative estimate of drug-likeness (QED) is 0.188. The molecule has 47 heavy (non-hydrogen) atoms. The molecule has 7 aromatic rings. The van der Waals surface area contributed by atoms with Gasteiger partial charge in [0.1, 0.15) is 0 Å². The second kappa shape index (κ2) is 13.4. The molecule has 0 bridgehead atoms.